The summed E-state index contributed by atoms with van der Waals surface area (Å²) >= 11 is 0. The van der Waals surface area contributed by atoms with Gasteiger partial charge < -0.3 is 9.73 Å². The SMILES string of the molecule is Cc1cc(CN2CCC(CNC(=O)CC(C)(C)C)CC2)c(C)o1. The molecule has 0 aromatic carbocycles. The van der Waals surface area contributed by atoms with Crippen molar-refractivity contribution < 1.29 is 9.21 Å². The van der Waals surface area contributed by atoms with Gasteiger partial charge in [-0.2, -0.15) is 0 Å². The molecule has 0 saturated carbocycles. The second-order valence-corrected chi connectivity index (χ2v) is 8.20. The van der Waals surface area contributed by atoms with Gasteiger partial charge in [0.2, 0.25) is 5.91 Å². The van der Waals surface area contributed by atoms with Crippen LogP contribution in [0.25, 0.3) is 0 Å². The van der Waals surface area contributed by atoms with Crippen molar-refractivity contribution in [1.82, 2.24) is 10.2 Å². The smallest absolute Gasteiger partial charge is 0.220 e. The van der Waals surface area contributed by atoms with E-state index in [2.05, 4.69) is 37.1 Å². The predicted octanol–water partition coefficient (Wildman–Crippen LogP) is 3.66. The van der Waals surface area contributed by atoms with Gasteiger partial charge in [-0.15, -0.1) is 0 Å². The molecule has 23 heavy (non-hydrogen) atoms. The average Bonchev–Trinajstić information content (AvgIpc) is 2.74. The van der Waals surface area contributed by atoms with Crippen LogP contribution in [-0.4, -0.2) is 30.4 Å². The Morgan fingerprint density at radius 3 is 2.48 bits per heavy atom. The van der Waals surface area contributed by atoms with Crippen LogP contribution in [0.3, 0.4) is 0 Å². The number of aryl methyl sites for hydroxylation is 2. The summed E-state index contributed by atoms with van der Waals surface area (Å²) in [7, 11) is 0. The topological polar surface area (TPSA) is 45.5 Å². The number of hydrogen-bond donors (Lipinski definition) is 1. The molecule has 4 heteroatoms. The number of hydrogen-bond acceptors (Lipinski definition) is 3. The fourth-order valence-corrected chi connectivity index (χ4v) is 3.23. The van der Waals surface area contributed by atoms with Crippen LogP contribution in [0.4, 0.5) is 0 Å². The van der Waals surface area contributed by atoms with Gasteiger partial charge in [0.05, 0.1) is 0 Å². The third-order valence-corrected chi connectivity index (χ3v) is 4.52. The highest BCUT2D eigenvalue weighted by molar-refractivity contribution is 5.76. The zero-order valence-electron chi connectivity index (χ0n) is 15.4. The number of amides is 1. The molecule has 1 aliphatic rings. The van der Waals surface area contributed by atoms with E-state index in [4.69, 9.17) is 4.42 Å². The minimum absolute atomic E-state index is 0.0635. The zero-order valence-corrected chi connectivity index (χ0v) is 15.4. The van der Waals surface area contributed by atoms with Gasteiger partial charge in [0.25, 0.3) is 0 Å². The van der Waals surface area contributed by atoms with Gasteiger partial charge in [-0.3, -0.25) is 9.69 Å². The first-order chi connectivity index (χ1) is 10.7. The maximum Gasteiger partial charge on any atom is 0.220 e. The Balaban J connectivity index is 1.70. The normalized spacial score (nSPS) is 17.4. The van der Waals surface area contributed by atoms with Crippen molar-refractivity contribution in [2.24, 2.45) is 11.3 Å². The molecular weight excluding hydrogens is 288 g/mol. The van der Waals surface area contributed by atoms with Crippen LogP contribution in [0.2, 0.25) is 0 Å². The van der Waals surface area contributed by atoms with E-state index in [1.54, 1.807) is 0 Å². The number of carbonyl (C=O) groups is 1. The van der Waals surface area contributed by atoms with Gasteiger partial charge in [-0.1, -0.05) is 20.8 Å². The van der Waals surface area contributed by atoms with Crippen molar-refractivity contribution >= 4 is 5.91 Å². The quantitative estimate of drug-likeness (QED) is 0.900. The van der Waals surface area contributed by atoms with Crippen LogP contribution in [0, 0.1) is 25.2 Å². The molecular formula is C19H32N2O2. The van der Waals surface area contributed by atoms with Gasteiger partial charge >= 0.3 is 0 Å². The second-order valence-electron chi connectivity index (χ2n) is 8.20. The molecule has 0 spiro atoms. The molecule has 4 nitrogen and oxygen atoms in total. The molecule has 1 aliphatic heterocycles. The molecule has 2 rings (SSSR count). The predicted molar refractivity (Wildman–Crippen MR) is 93.3 cm³/mol. The first-order valence-electron chi connectivity index (χ1n) is 8.78. The molecule has 1 amide bonds. The van der Waals surface area contributed by atoms with Crippen LogP contribution < -0.4 is 5.32 Å². The van der Waals surface area contributed by atoms with Crippen molar-refractivity contribution in [3.05, 3.63) is 23.2 Å². The molecule has 0 unspecified atom stereocenters. The summed E-state index contributed by atoms with van der Waals surface area (Å²) in [5, 5.41) is 3.11. The van der Waals surface area contributed by atoms with Crippen LogP contribution >= 0.6 is 0 Å². The van der Waals surface area contributed by atoms with E-state index in [9.17, 15) is 4.79 Å². The van der Waals surface area contributed by atoms with Gasteiger partial charge in [-0.25, -0.2) is 0 Å². The summed E-state index contributed by atoms with van der Waals surface area (Å²) in [6.45, 7) is 14.4. The summed E-state index contributed by atoms with van der Waals surface area (Å²) in [4.78, 5) is 14.4. The van der Waals surface area contributed by atoms with E-state index in [0.29, 0.717) is 12.3 Å². The van der Waals surface area contributed by atoms with Crippen molar-refractivity contribution in [1.29, 1.82) is 0 Å². The fourth-order valence-electron chi connectivity index (χ4n) is 3.23. The Hall–Kier alpha value is -1.29. The molecule has 1 saturated heterocycles. The van der Waals surface area contributed by atoms with E-state index >= 15 is 0 Å². The Kier molecular flexibility index (Phi) is 5.90. The second kappa shape index (κ2) is 7.52. The molecule has 0 radical (unpaired) electrons. The highest BCUT2D eigenvalue weighted by atomic mass is 16.3. The van der Waals surface area contributed by atoms with E-state index in [-0.39, 0.29) is 11.3 Å². The van der Waals surface area contributed by atoms with Crippen molar-refractivity contribution in [2.75, 3.05) is 19.6 Å². The minimum atomic E-state index is 0.0635. The number of carbonyl (C=O) groups excluding carboxylic acids is 1. The van der Waals surface area contributed by atoms with Crippen molar-refractivity contribution in [3.63, 3.8) is 0 Å². The highest BCUT2D eigenvalue weighted by Gasteiger charge is 2.22. The molecule has 1 aromatic rings. The van der Waals surface area contributed by atoms with Crippen LogP contribution in [0.15, 0.2) is 10.5 Å². The molecule has 2 heterocycles. The number of furan rings is 1. The van der Waals surface area contributed by atoms with Gasteiger partial charge in [0.15, 0.2) is 0 Å². The van der Waals surface area contributed by atoms with E-state index < -0.39 is 0 Å². The Bertz CT molecular complexity index is 520. The highest BCUT2D eigenvalue weighted by Crippen LogP contribution is 2.22. The largest absolute Gasteiger partial charge is 0.466 e. The molecule has 1 fully saturated rings. The summed E-state index contributed by atoms with van der Waals surface area (Å²) in [6, 6.07) is 2.15. The number of likely N-dealkylation sites (tertiary alicyclic amines) is 1. The minimum Gasteiger partial charge on any atom is -0.466 e. The van der Waals surface area contributed by atoms with Crippen molar-refractivity contribution in [2.45, 2.75) is 60.4 Å². The van der Waals surface area contributed by atoms with Crippen LogP contribution in [-0.2, 0) is 11.3 Å². The van der Waals surface area contributed by atoms with Crippen LogP contribution in [0.5, 0.6) is 0 Å². The first-order valence-corrected chi connectivity index (χ1v) is 8.78. The van der Waals surface area contributed by atoms with Gasteiger partial charge in [0.1, 0.15) is 11.5 Å². The lowest BCUT2D eigenvalue weighted by Gasteiger charge is -2.32. The molecule has 1 N–H and O–H groups in total. The molecule has 0 aliphatic carbocycles. The number of nitrogens with one attached hydrogen (secondary N) is 1. The maximum atomic E-state index is 11.9. The summed E-state index contributed by atoms with van der Waals surface area (Å²) < 4.78 is 5.61. The third-order valence-electron chi connectivity index (χ3n) is 4.52. The lowest BCUT2D eigenvalue weighted by molar-refractivity contribution is -0.123. The third kappa shape index (κ3) is 6.02. The lowest BCUT2D eigenvalue weighted by atomic mass is 9.91. The van der Waals surface area contributed by atoms with E-state index in [1.165, 1.54) is 5.56 Å². The van der Waals surface area contributed by atoms with Crippen LogP contribution in [0.1, 0.15) is 57.1 Å². The molecule has 0 bridgehead atoms. The molecule has 1 aromatic heterocycles. The molecule has 130 valence electrons. The standard InChI is InChI=1S/C19H32N2O2/c1-14-10-17(15(2)23-14)13-21-8-6-16(7-9-21)12-20-18(22)11-19(3,4)5/h10,16H,6-9,11-13H2,1-5H3,(H,20,22). The van der Waals surface area contributed by atoms with E-state index in [1.807, 2.05) is 13.8 Å². The average molecular weight is 320 g/mol. The number of nitrogens with zero attached hydrogens (tertiary/aromatic N) is 1. The first kappa shape index (κ1) is 18.1. The fraction of sp³-hybridized carbons (Fsp3) is 0.737. The molecule has 0 atom stereocenters. The zero-order chi connectivity index (χ0) is 17.0. The maximum absolute atomic E-state index is 11.9. The number of piperidine rings is 1. The summed E-state index contributed by atoms with van der Waals surface area (Å²) in [5.74, 6) is 2.83. The van der Waals surface area contributed by atoms with Gasteiger partial charge in [-0.05, 0) is 57.2 Å². The Morgan fingerprint density at radius 2 is 1.96 bits per heavy atom. The number of rotatable bonds is 5. The lowest BCUT2D eigenvalue weighted by Crippen LogP contribution is -2.39. The Morgan fingerprint density at radius 1 is 1.30 bits per heavy atom. The monoisotopic (exact) mass is 320 g/mol. The summed E-state index contributed by atoms with van der Waals surface area (Å²) in [6.07, 6.45) is 2.92. The van der Waals surface area contributed by atoms with Gasteiger partial charge in [0, 0.05) is 25.1 Å². The van der Waals surface area contributed by atoms with E-state index in [0.717, 1.165) is 50.5 Å². The Labute approximate surface area is 140 Å². The van der Waals surface area contributed by atoms with Crippen molar-refractivity contribution in [3.8, 4) is 0 Å². The summed E-state index contributed by atoms with van der Waals surface area (Å²) in [5.41, 5.74) is 1.37.